The monoisotopic (exact) mass is 595 g/mol. The second-order valence-corrected chi connectivity index (χ2v) is 17.9. The van der Waals surface area contributed by atoms with Gasteiger partial charge in [0.1, 0.15) is 11.5 Å². The quantitative estimate of drug-likeness (QED) is 0.160. The van der Waals surface area contributed by atoms with Gasteiger partial charge in [-0.3, -0.25) is 0 Å². The van der Waals surface area contributed by atoms with Crippen molar-refractivity contribution in [3.8, 4) is 11.5 Å². The van der Waals surface area contributed by atoms with E-state index < -0.39 is 22.7 Å². The molecule has 206 valence electrons. The molecule has 0 radical (unpaired) electrons. The molecule has 0 N–H and O–H groups in total. The smallest absolute Gasteiger partial charge is 0.399 e. The van der Waals surface area contributed by atoms with E-state index in [9.17, 15) is 0 Å². The van der Waals surface area contributed by atoms with Crippen LogP contribution in [0.15, 0.2) is 156 Å². The zero-order valence-corrected chi connectivity index (χ0v) is 25.3. The van der Waals surface area contributed by atoms with Crippen molar-refractivity contribution in [3.63, 3.8) is 0 Å². The molecule has 5 aromatic rings. The average molecular weight is 596 g/mol. The largest absolute Gasteiger partial charge is 0.562 e. The van der Waals surface area contributed by atoms with Gasteiger partial charge in [0, 0.05) is 12.5 Å². The Morgan fingerprint density at radius 3 is 1.46 bits per heavy atom. The minimum absolute atomic E-state index is 0.191. The predicted molar refractivity (Wildman–Crippen MR) is 174 cm³/mol. The Kier molecular flexibility index (Phi) is 8.54. The van der Waals surface area contributed by atoms with Gasteiger partial charge in [-0.25, -0.2) is 4.57 Å². The fraction of sp³-hybridized carbons (Fsp3) is 0.118. The molecule has 0 bridgehead atoms. The van der Waals surface area contributed by atoms with Crippen LogP contribution >= 0.6 is 22.7 Å². The van der Waals surface area contributed by atoms with Gasteiger partial charge in [-0.15, -0.1) is 0 Å². The molecule has 1 saturated heterocycles. The molecule has 1 aliphatic rings. The Labute approximate surface area is 243 Å². The van der Waals surface area contributed by atoms with E-state index in [1.54, 1.807) is 24.3 Å². The van der Waals surface area contributed by atoms with Gasteiger partial charge in [0.2, 0.25) is 0 Å². The molecule has 1 aliphatic heterocycles. The van der Waals surface area contributed by atoms with Crippen molar-refractivity contribution in [1.29, 1.82) is 0 Å². The van der Waals surface area contributed by atoms with E-state index in [2.05, 4.69) is 78.9 Å². The van der Waals surface area contributed by atoms with Crippen LogP contribution in [0.4, 0.5) is 0 Å². The molecule has 6 rings (SSSR count). The maximum atomic E-state index is 15.1. The average Bonchev–Trinajstić information content (AvgIpc) is 3.53. The second-order valence-electron chi connectivity index (χ2n) is 9.88. The zero-order chi connectivity index (χ0) is 28.0. The van der Waals surface area contributed by atoms with E-state index in [4.69, 9.17) is 13.6 Å². The summed E-state index contributed by atoms with van der Waals surface area (Å²) in [5.41, 5.74) is 0. The first-order valence-corrected chi connectivity index (χ1v) is 18.7. The third-order valence-electron chi connectivity index (χ3n) is 7.22. The van der Waals surface area contributed by atoms with Crippen molar-refractivity contribution in [3.05, 3.63) is 152 Å². The van der Waals surface area contributed by atoms with Crippen LogP contribution in [0.5, 0.6) is 11.5 Å². The molecule has 4 nitrogen and oxygen atoms in total. The molecule has 0 amide bonds. The van der Waals surface area contributed by atoms with Crippen LogP contribution in [0.1, 0.15) is 12.8 Å². The van der Waals surface area contributed by atoms with E-state index in [1.807, 2.05) is 48.5 Å². The van der Waals surface area contributed by atoms with Gasteiger partial charge < -0.3 is 9.05 Å². The fourth-order valence-corrected chi connectivity index (χ4v) is 18.1. The summed E-state index contributed by atoms with van der Waals surface area (Å²) in [4.78, 5) is 0. The molecule has 0 aliphatic carbocycles. The summed E-state index contributed by atoms with van der Waals surface area (Å²) in [6, 6.07) is 50.2. The van der Waals surface area contributed by atoms with Crippen molar-refractivity contribution in [2.45, 2.75) is 18.2 Å². The Balaban J connectivity index is 1.64. The van der Waals surface area contributed by atoms with E-state index in [1.165, 1.54) is 5.30 Å². The second kappa shape index (κ2) is 12.6. The van der Waals surface area contributed by atoms with Crippen LogP contribution in [0.25, 0.3) is 0 Å². The number of para-hydroxylation sites is 2. The van der Waals surface area contributed by atoms with Crippen molar-refractivity contribution in [1.82, 2.24) is 0 Å². The van der Waals surface area contributed by atoms with Gasteiger partial charge in [0.15, 0.2) is 0 Å². The molecule has 41 heavy (non-hydrogen) atoms. The van der Waals surface area contributed by atoms with Gasteiger partial charge in [0.05, 0.1) is 0 Å². The van der Waals surface area contributed by atoms with Crippen molar-refractivity contribution >= 4 is 38.6 Å². The number of rotatable bonds is 9. The third kappa shape index (κ3) is 6.12. The van der Waals surface area contributed by atoms with Crippen LogP contribution in [0.2, 0.25) is 0 Å². The molecule has 0 aromatic heterocycles. The minimum atomic E-state index is -4.10. The summed E-state index contributed by atoms with van der Waals surface area (Å²) >= 11 is 0. The summed E-state index contributed by atoms with van der Waals surface area (Å²) < 4.78 is 33.2. The normalized spacial score (nSPS) is 17.1. The van der Waals surface area contributed by atoms with E-state index in [0.717, 1.165) is 29.6 Å². The maximum absolute atomic E-state index is 15.1. The summed E-state index contributed by atoms with van der Waals surface area (Å²) in [5.74, 6) is 0.929. The zero-order valence-electron chi connectivity index (χ0n) is 22.6. The number of hydrogen-bond donors (Lipinski definition) is 0. The summed E-state index contributed by atoms with van der Waals surface area (Å²) in [6.07, 6.45) is 3.22. The topological polar surface area (TPSA) is 47.9 Å². The highest BCUT2D eigenvalue weighted by molar-refractivity contribution is 7.93. The summed E-state index contributed by atoms with van der Waals surface area (Å²) in [6.45, 7) is 0. The van der Waals surface area contributed by atoms with Crippen molar-refractivity contribution in [2.75, 3.05) is 6.16 Å². The molecule has 2 atom stereocenters. The van der Waals surface area contributed by atoms with Crippen LogP contribution in [-0.2, 0) is 4.57 Å². The molecule has 5 aromatic carbocycles. The first-order chi connectivity index (χ1) is 20.2. The maximum Gasteiger partial charge on any atom is 0.562 e. The number of nitrogens with zero attached hydrogens (tertiary/aromatic N) is 1. The molecule has 1 heterocycles. The van der Waals surface area contributed by atoms with Crippen LogP contribution in [0.3, 0.4) is 0 Å². The lowest BCUT2D eigenvalue weighted by atomic mass is 10.3. The van der Waals surface area contributed by atoms with E-state index in [-0.39, 0.29) is 5.40 Å². The summed E-state index contributed by atoms with van der Waals surface area (Å²) in [5, 5.41) is 3.74. The highest BCUT2D eigenvalue weighted by atomic mass is 31.2. The number of benzene rings is 5. The predicted octanol–water partition coefficient (Wildman–Crippen LogP) is 9.03. The van der Waals surface area contributed by atoms with Gasteiger partial charge in [-0.2, -0.15) is 4.52 Å². The van der Waals surface area contributed by atoms with Crippen molar-refractivity contribution in [2.24, 2.45) is 4.52 Å². The Hall–Kier alpha value is -3.41. The molecule has 2 unspecified atom stereocenters. The van der Waals surface area contributed by atoms with Gasteiger partial charge in [0.25, 0.3) is 0 Å². The van der Waals surface area contributed by atoms with E-state index in [0.29, 0.717) is 11.5 Å². The van der Waals surface area contributed by atoms with E-state index >= 15 is 4.57 Å². The van der Waals surface area contributed by atoms with Crippen LogP contribution < -0.4 is 25.0 Å². The van der Waals surface area contributed by atoms with Crippen LogP contribution in [0, 0.1) is 0 Å². The van der Waals surface area contributed by atoms with Gasteiger partial charge in [-0.1, -0.05) is 135 Å². The molecule has 0 spiro atoms. The van der Waals surface area contributed by atoms with Crippen molar-refractivity contribution < 1.29 is 13.6 Å². The summed E-state index contributed by atoms with van der Waals surface area (Å²) in [7, 11) is -7.41. The standard InChI is InChI=1S/C34H32NO3P3/c36-41(37-29-17-6-1-7-18-29,38-30-19-8-2-9-20-30)35-40(32-23-12-4-13-24-32,33-25-14-5-15-26-33)34-27-16-28-39(34)31-21-10-3-11-22-31/h1-15,17-26,34H,16,27-28H2. The minimum Gasteiger partial charge on any atom is -0.399 e. The first kappa shape index (κ1) is 27.7. The molecule has 1 fully saturated rings. The molecule has 0 saturated carbocycles. The Bertz CT molecular complexity index is 1560. The number of hydrogen-bond acceptors (Lipinski definition) is 3. The SMILES string of the molecule is O=P(N=P(c1ccccc1)(c1ccccc1)C1CCCP1c1ccccc1)(Oc1ccccc1)Oc1ccccc1. The molecule has 7 heteroatoms. The fourth-order valence-electron chi connectivity index (χ4n) is 5.48. The molecular formula is C34H32NO3P3. The van der Waals surface area contributed by atoms with Crippen LogP contribution in [-0.4, -0.2) is 11.6 Å². The van der Waals surface area contributed by atoms with Gasteiger partial charge in [-0.05, 0) is 59.2 Å². The Morgan fingerprint density at radius 1 is 0.585 bits per heavy atom. The Morgan fingerprint density at radius 2 is 1.00 bits per heavy atom. The third-order valence-corrected chi connectivity index (χ3v) is 18.0. The first-order valence-electron chi connectivity index (χ1n) is 13.8. The lowest BCUT2D eigenvalue weighted by Crippen LogP contribution is -2.26. The van der Waals surface area contributed by atoms with Gasteiger partial charge >= 0.3 is 7.75 Å². The highest BCUT2D eigenvalue weighted by Crippen LogP contribution is 2.73. The highest BCUT2D eigenvalue weighted by Gasteiger charge is 2.46. The lowest BCUT2D eigenvalue weighted by Gasteiger charge is -2.36. The lowest BCUT2D eigenvalue weighted by molar-refractivity contribution is 0.388. The molecular weight excluding hydrogens is 563 g/mol.